The van der Waals surface area contributed by atoms with Crippen LogP contribution in [0.15, 0.2) is 0 Å². The van der Waals surface area contributed by atoms with Gasteiger partial charge in [-0.2, -0.15) is 11.8 Å². The lowest BCUT2D eigenvalue weighted by atomic mass is 9.92. The lowest BCUT2D eigenvalue weighted by molar-refractivity contribution is -0.125. The topological polar surface area (TPSA) is 78.5 Å². The Bertz CT molecular complexity index is 576. The molecule has 2 heterocycles. The van der Waals surface area contributed by atoms with Crippen LogP contribution in [0.4, 0.5) is 0 Å². The number of nitrogens with one attached hydrogen (secondary N) is 2. The Morgan fingerprint density at radius 2 is 1.72 bits per heavy atom. The molecule has 144 valence electrons. The van der Waals surface area contributed by atoms with Crippen molar-refractivity contribution in [2.24, 2.45) is 0 Å². The number of hydrogen-bond donors (Lipinski definition) is 2. The number of amides is 1. The van der Waals surface area contributed by atoms with E-state index in [0.29, 0.717) is 32.5 Å². The Balaban J connectivity index is 1.72. The maximum atomic E-state index is 13.0. The fourth-order valence-corrected chi connectivity index (χ4v) is 6.94. The molecule has 2 N–H and O–H groups in total. The molecule has 3 rings (SSSR count). The number of carbonyl (C=O) groups excluding carboxylic acids is 1. The van der Waals surface area contributed by atoms with Crippen LogP contribution in [0, 0.1) is 0 Å². The second-order valence-electron chi connectivity index (χ2n) is 7.73. The molecule has 1 aliphatic carbocycles. The number of hydrogen-bond acceptors (Lipinski definition) is 6. The summed E-state index contributed by atoms with van der Waals surface area (Å²) in [4.78, 5) is 15.6. The quantitative estimate of drug-likeness (QED) is 0.718. The Morgan fingerprint density at radius 3 is 2.28 bits per heavy atom. The molecule has 25 heavy (non-hydrogen) atoms. The van der Waals surface area contributed by atoms with Crippen LogP contribution >= 0.6 is 11.8 Å². The number of nitrogens with zero attached hydrogens (tertiary/aromatic N) is 1. The third kappa shape index (κ3) is 3.87. The monoisotopic (exact) mass is 389 g/mol. The number of carbonyl (C=O) groups is 1. The van der Waals surface area contributed by atoms with Gasteiger partial charge in [-0.1, -0.05) is 12.8 Å². The highest BCUT2D eigenvalue weighted by molar-refractivity contribution is 7.99. The number of rotatable bonds is 5. The van der Waals surface area contributed by atoms with Gasteiger partial charge in [0.05, 0.1) is 0 Å². The van der Waals surface area contributed by atoms with Crippen molar-refractivity contribution in [1.82, 2.24) is 15.5 Å². The zero-order valence-corrected chi connectivity index (χ0v) is 16.8. The largest absolute Gasteiger partial charge is 0.353 e. The molecular formula is C17H31N3O3S2. The molecule has 2 aliphatic heterocycles. The van der Waals surface area contributed by atoms with Crippen molar-refractivity contribution in [2.45, 2.75) is 48.8 Å². The molecule has 0 unspecified atom stereocenters. The van der Waals surface area contributed by atoms with E-state index in [1.165, 1.54) is 19.1 Å². The average molecular weight is 390 g/mol. The summed E-state index contributed by atoms with van der Waals surface area (Å²) in [5, 5.41) is 6.25. The first kappa shape index (κ1) is 19.5. The predicted octanol–water partition coefficient (Wildman–Crippen LogP) is 0.631. The van der Waals surface area contributed by atoms with Crippen LogP contribution in [-0.4, -0.2) is 80.0 Å². The summed E-state index contributed by atoms with van der Waals surface area (Å²) >= 11 is 1.99. The van der Waals surface area contributed by atoms with E-state index in [2.05, 4.69) is 15.5 Å². The molecule has 8 heteroatoms. The van der Waals surface area contributed by atoms with E-state index < -0.39 is 14.6 Å². The lowest BCUT2D eigenvalue weighted by Crippen LogP contribution is -2.61. The van der Waals surface area contributed by atoms with Crippen molar-refractivity contribution in [3.05, 3.63) is 0 Å². The van der Waals surface area contributed by atoms with Gasteiger partial charge in [0, 0.05) is 42.9 Å². The predicted molar refractivity (Wildman–Crippen MR) is 103 cm³/mol. The first-order valence-corrected chi connectivity index (χ1v) is 12.5. The minimum Gasteiger partial charge on any atom is -0.353 e. The number of sulfone groups is 1. The minimum absolute atomic E-state index is 0.0300. The van der Waals surface area contributed by atoms with Crippen LogP contribution < -0.4 is 10.6 Å². The summed E-state index contributed by atoms with van der Waals surface area (Å²) in [6.45, 7) is 3.88. The van der Waals surface area contributed by atoms with Gasteiger partial charge < -0.3 is 10.6 Å². The van der Waals surface area contributed by atoms with Crippen LogP contribution in [0.2, 0.25) is 0 Å². The SMILES string of the molecule is CS(=O)(=O)C1(C(=O)NCC2(N3CCSCC3)CCCC2)CCNCC1. The van der Waals surface area contributed by atoms with E-state index in [1.54, 1.807) is 0 Å². The Labute approximate surface area is 155 Å². The molecule has 1 amide bonds. The van der Waals surface area contributed by atoms with Crippen LogP contribution in [0.25, 0.3) is 0 Å². The van der Waals surface area contributed by atoms with Crippen molar-refractivity contribution < 1.29 is 13.2 Å². The van der Waals surface area contributed by atoms with Crippen LogP contribution in [0.1, 0.15) is 38.5 Å². The van der Waals surface area contributed by atoms with E-state index in [-0.39, 0.29) is 11.4 Å². The lowest BCUT2D eigenvalue weighted by Gasteiger charge is -2.44. The summed E-state index contributed by atoms with van der Waals surface area (Å²) in [5.41, 5.74) is 0.0300. The third-order valence-electron chi connectivity index (χ3n) is 6.33. The van der Waals surface area contributed by atoms with Gasteiger partial charge in [-0.05, 0) is 38.8 Å². The van der Waals surface area contributed by atoms with Gasteiger partial charge in [0.1, 0.15) is 0 Å². The molecule has 0 atom stereocenters. The van der Waals surface area contributed by atoms with Gasteiger partial charge in [-0.15, -0.1) is 0 Å². The van der Waals surface area contributed by atoms with Crippen molar-refractivity contribution in [2.75, 3.05) is 50.5 Å². The normalized spacial score (nSPS) is 27.1. The average Bonchev–Trinajstić information content (AvgIpc) is 3.10. The maximum absolute atomic E-state index is 13.0. The zero-order chi connectivity index (χ0) is 18.0. The van der Waals surface area contributed by atoms with Gasteiger partial charge >= 0.3 is 0 Å². The van der Waals surface area contributed by atoms with Crippen molar-refractivity contribution >= 4 is 27.5 Å². The molecule has 2 saturated heterocycles. The fourth-order valence-electron chi connectivity index (χ4n) is 4.68. The summed E-state index contributed by atoms with van der Waals surface area (Å²) in [7, 11) is -3.45. The summed E-state index contributed by atoms with van der Waals surface area (Å²) < 4.78 is 23.6. The van der Waals surface area contributed by atoms with Gasteiger partial charge in [-0.3, -0.25) is 9.69 Å². The Hall–Kier alpha value is -0.310. The summed E-state index contributed by atoms with van der Waals surface area (Å²) in [6.07, 6.45) is 6.54. The molecule has 0 aromatic heterocycles. The highest BCUT2D eigenvalue weighted by Crippen LogP contribution is 2.37. The van der Waals surface area contributed by atoms with E-state index in [0.717, 1.165) is 37.4 Å². The Morgan fingerprint density at radius 1 is 1.12 bits per heavy atom. The zero-order valence-electron chi connectivity index (χ0n) is 15.2. The molecule has 3 aliphatic rings. The van der Waals surface area contributed by atoms with E-state index >= 15 is 0 Å². The molecule has 0 aromatic rings. The molecule has 0 bridgehead atoms. The fraction of sp³-hybridized carbons (Fsp3) is 0.941. The van der Waals surface area contributed by atoms with Crippen LogP contribution in [0.3, 0.4) is 0 Å². The van der Waals surface area contributed by atoms with Gasteiger partial charge in [-0.25, -0.2) is 8.42 Å². The van der Waals surface area contributed by atoms with Crippen molar-refractivity contribution in [3.8, 4) is 0 Å². The highest BCUT2D eigenvalue weighted by Gasteiger charge is 2.49. The van der Waals surface area contributed by atoms with Crippen LogP contribution in [0.5, 0.6) is 0 Å². The highest BCUT2D eigenvalue weighted by atomic mass is 32.2. The van der Waals surface area contributed by atoms with Gasteiger partial charge in [0.25, 0.3) is 0 Å². The molecule has 3 fully saturated rings. The molecular weight excluding hydrogens is 358 g/mol. The van der Waals surface area contributed by atoms with Crippen LogP contribution in [-0.2, 0) is 14.6 Å². The molecule has 6 nitrogen and oxygen atoms in total. The van der Waals surface area contributed by atoms with E-state index in [9.17, 15) is 13.2 Å². The van der Waals surface area contributed by atoms with Crippen molar-refractivity contribution in [3.63, 3.8) is 0 Å². The van der Waals surface area contributed by atoms with Gasteiger partial charge in [0.15, 0.2) is 14.6 Å². The maximum Gasteiger partial charge on any atom is 0.241 e. The smallest absolute Gasteiger partial charge is 0.241 e. The summed E-state index contributed by atoms with van der Waals surface area (Å²) in [6, 6.07) is 0. The van der Waals surface area contributed by atoms with Gasteiger partial charge in [0.2, 0.25) is 5.91 Å². The number of thioether (sulfide) groups is 1. The third-order valence-corrected chi connectivity index (χ3v) is 9.28. The summed E-state index contributed by atoms with van der Waals surface area (Å²) in [5.74, 6) is 2.01. The molecule has 0 aromatic carbocycles. The first-order valence-electron chi connectivity index (χ1n) is 9.41. The second kappa shape index (κ2) is 7.74. The second-order valence-corrected chi connectivity index (χ2v) is 11.3. The minimum atomic E-state index is -3.45. The standard InChI is InChI=1S/C17H31N3O3S2/c1-25(22,23)17(6-8-18-9-7-17)15(21)19-14-16(4-2-3-5-16)20-10-12-24-13-11-20/h18H,2-14H2,1H3,(H,19,21). The Kier molecular flexibility index (Phi) is 6.02. The van der Waals surface area contributed by atoms with E-state index in [4.69, 9.17) is 0 Å². The molecule has 0 spiro atoms. The van der Waals surface area contributed by atoms with Crippen molar-refractivity contribution in [1.29, 1.82) is 0 Å². The van der Waals surface area contributed by atoms with E-state index in [1.807, 2.05) is 11.8 Å². The first-order chi connectivity index (χ1) is 11.9. The molecule has 1 saturated carbocycles. The molecule has 0 radical (unpaired) electrons. The number of piperidine rings is 1.